The fraction of sp³-hybridized carbons (Fsp3) is 0.679. The van der Waals surface area contributed by atoms with Crippen LogP contribution in [0.1, 0.15) is 82.5 Å². The van der Waals surface area contributed by atoms with Crippen molar-refractivity contribution in [2.24, 2.45) is 0 Å². The second-order valence-corrected chi connectivity index (χ2v) is 11.9. The number of pyridine rings is 1. The molecule has 204 valence electrons. The number of fused-ring (bicyclic) bond motifs is 1. The Morgan fingerprint density at radius 3 is 2.49 bits per heavy atom. The molecule has 5 rings (SSSR count). The number of hydrogen-bond acceptors (Lipinski definition) is 6. The monoisotopic (exact) mass is 527 g/mol. The molecule has 2 aromatic heterocycles. The third-order valence-corrected chi connectivity index (χ3v) is 9.16. The molecule has 3 aliphatic rings. The Hall–Kier alpha value is -1.62. The van der Waals surface area contributed by atoms with Gasteiger partial charge in [0.25, 0.3) is 0 Å². The summed E-state index contributed by atoms with van der Waals surface area (Å²) >= 11 is -2.32. The molecule has 1 saturated carbocycles. The molecule has 1 aliphatic carbocycles. The standard InChI is InChI=1S/C28H44N6O2S/c1-21(2)22-7-9-23(10-8-22)33-18-12-24(13-19-33)34-27(11-15-30-31-37(35)36)26(20-32-16-3-4-17-32)25-6-5-14-29-28(25)34/h5-6,14,23-24,30-31H,3-4,7-13,15-20H2,1-2H3,(H,35,36)/p-1. The van der Waals surface area contributed by atoms with Crippen LogP contribution in [-0.2, 0) is 24.2 Å². The van der Waals surface area contributed by atoms with Gasteiger partial charge >= 0.3 is 0 Å². The molecule has 0 radical (unpaired) electrons. The maximum Gasteiger partial charge on any atom is 0.140 e. The van der Waals surface area contributed by atoms with Gasteiger partial charge in [0, 0.05) is 73.2 Å². The maximum absolute atomic E-state index is 11.0. The summed E-state index contributed by atoms with van der Waals surface area (Å²) in [5.74, 6) is 0. The van der Waals surface area contributed by atoms with Gasteiger partial charge in [-0.05, 0) is 96.0 Å². The number of likely N-dealkylation sites (tertiary alicyclic amines) is 2. The molecule has 0 spiro atoms. The Morgan fingerprint density at radius 2 is 1.81 bits per heavy atom. The lowest BCUT2D eigenvalue weighted by Gasteiger charge is -2.40. The topological polar surface area (TPSA) is 88.5 Å². The molecule has 8 nitrogen and oxygen atoms in total. The van der Waals surface area contributed by atoms with E-state index in [-0.39, 0.29) is 0 Å². The molecule has 2 aliphatic heterocycles. The highest BCUT2D eigenvalue weighted by Gasteiger charge is 2.31. The third-order valence-electron chi connectivity index (χ3n) is 8.85. The van der Waals surface area contributed by atoms with Crippen LogP contribution in [0.5, 0.6) is 0 Å². The smallest absolute Gasteiger partial charge is 0.140 e. The lowest BCUT2D eigenvalue weighted by molar-refractivity contribution is 0.116. The van der Waals surface area contributed by atoms with Gasteiger partial charge in [0.05, 0.1) is 0 Å². The Balaban J connectivity index is 1.36. The molecule has 0 bridgehead atoms. The number of aromatic nitrogens is 2. The van der Waals surface area contributed by atoms with Crippen molar-refractivity contribution in [2.75, 3.05) is 32.7 Å². The molecule has 2 aromatic rings. The van der Waals surface area contributed by atoms with Crippen molar-refractivity contribution >= 4 is 22.3 Å². The molecule has 0 aromatic carbocycles. The average Bonchev–Trinajstić information content (AvgIpc) is 3.53. The minimum Gasteiger partial charge on any atom is -0.759 e. The number of allylic oxidation sites excluding steroid dienone is 2. The Morgan fingerprint density at radius 1 is 1.08 bits per heavy atom. The fourth-order valence-electron chi connectivity index (χ4n) is 6.87. The molecule has 1 atom stereocenters. The van der Waals surface area contributed by atoms with Crippen LogP contribution in [-0.4, -0.2) is 66.9 Å². The number of hydrogen-bond donors (Lipinski definition) is 2. The fourth-order valence-corrected chi connectivity index (χ4v) is 7.09. The van der Waals surface area contributed by atoms with Crippen molar-refractivity contribution in [1.29, 1.82) is 0 Å². The molecule has 1 unspecified atom stereocenters. The first-order valence-electron chi connectivity index (χ1n) is 14.2. The van der Waals surface area contributed by atoms with Crippen LogP contribution in [0.25, 0.3) is 11.0 Å². The van der Waals surface area contributed by atoms with Crippen molar-refractivity contribution in [3.05, 3.63) is 40.7 Å². The summed E-state index contributed by atoms with van der Waals surface area (Å²) in [4.78, 5) is 12.5. The van der Waals surface area contributed by atoms with E-state index in [9.17, 15) is 8.76 Å². The number of rotatable bonds is 9. The van der Waals surface area contributed by atoms with Crippen molar-refractivity contribution < 1.29 is 8.76 Å². The van der Waals surface area contributed by atoms with E-state index in [1.807, 2.05) is 6.20 Å². The van der Waals surface area contributed by atoms with Crippen LogP contribution < -0.4 is 10.3 Å². The zero-order valence-corrected chi connectivity index (χ0v) is 23.3. The summed E-state index contributed by atoms with van der Waals surface area (Å²) in [7, 11) is 0. The summed E-state index contributed by atoms with van der Waals surface area (Å²) in [6, 6.07) is 5.42. The quantitative estimate of drug-likeness (QED) is 0.222. The second kappa shape index (κ2) is 12.5. The van der Waals surface area contributed by atoms with Crippen molar-refractivity contribution in [3.63, 3.8) is 0 Å². The van der Waals surface area contributed by atoms with Crippen LogP contribution in [0.2, 0.25) is 0 Å². The molecule has 0 amide bonds. The molecule has 3 fully saturated rings. The molecule has 2 saturated heterocycles. The Bertz CT molecular complexity index is 1100. The van der Waals surface area contributed by atoms with E-state index in [0.717, 1.165) is 63.7 Å². The summed E-state index contributed by atoms with van der Waals surface area (Å²) in [5, 5.41) is 1.26. The van der Waals surface area contributed by atoms with Crippen molar-refractivity contribution in [2.45, 2.75) is 90.3 Å². The van der Waals surface area contributed by atoms with Crippen molar-refractivity contribution in [3.8, 4) is 0 Å². The predicted molar refractivity (Wildman–Crippen MR) is 148 cm³/mol. The Labute approximate surface area is 224 Å². The van der Waals surface area contributed by atoms with Crippen LogP contribution in [0.3, 0.4) is 0 Å². The lowest BCUT2D eigenvalue weighted by atomic mass is 9.86. The predicted octanol–water partition coefficient (Wildman–Crippen LogP) is 3.98. The molecular weight excluding hydrogens is 484 g/mol. The van der Waals surface area contributed by atoms with Gasteiger partial charge in [0.15, 0.2) is 0 Å². The van der Waals surface area contributed by atoms with Crippen LogP contribution >= 0.6 is 0 Å². The highest BCUT2D eigenvalue weighted by molar-refractivity contribution is 7.76. The van der Waals surface area contributed by atoms with Gasteiger partial charge in [-0.1, -0.05) is 11.1 Å². The van der Waals surface area contributed by atoms with E-state index >= 15 is 0 Å². The van der Waals surface area contributed by atoms with E-state index in [4.69, 9.17) is 4.98 Å². The van der Waals surface area contributed by atoms with Gasteiger partial charge in [-0.3, -0.25) is 9.11 Å². The van der Waals surface area contributed by atoms with Gasteiger partial charge < -0.3 is 14.0 Å². The normalized spacial score (nSPS) is 23.2. The minimum atomic E-state index is -2.32. The highest BCUT2D eigenvalue weighted by Crippen LogP contribution is 2.36. The van der Waals surface area contributed by atoms with Crippen LogP contribution in [0.15, 0.2) is 29.5 Å². The van der Waals surface area contributed by atoms with Crippen LogP contribution in [0.4, 0.5) is 0 Å². The largest absolute Gasteiger partial charge is 0.759 e. The first kappa shape index (κ1) is 27.0. The minimum absolute atomic E-state index is 0.425. The molecule has 4 heterocycles. The molecular formula is C28H43N6O2S-. The average molecular weight is 528 g/mol. The van der Waals surface area contributed by atoms with E-state index < -0.39 is 11.3 Å². The van der Waals surface area contributed by atoms with E-state index in [1.165, 1.54) is 60.7 Å². The summed E-state index contributed by atoms with van der Waals surface area (Å²) in [6.07, 6.45) is 12.6. The van der Waals surface area contributed by atoms with E-state index in [0.29, 0.717) is 12.6 Å². The van der Waals surface area contributed by atoms with Gasteiger partial charge in [-0.25, -0.2) is 10.4 Å². The van der Waals surface area contributed by atoms with Gasteiger partial charge in [0.1, 0.15) is 5.65 Å². The van der Waals surface area contributed by atoms with Gasteiger partial charge in [-0.2, -0.15) is 4.83 Å². The van der Waals surface area contributed by atoms with Gasteiger partial charge in [0.2, 0.25) is 0 Å². The molecule has 37 heavy (non-hydrogen) atoms. The summed E-state index contributed by atoms with van der Waals surface area (Å²) in [5.41, 5.74) is 9.85. The summed E-state index contributed by atoms with van der Waals surface area (Å²) in [6.45, 7) is 10.6. The third kappa shape index (κ3) is 6.34. The zero-order valence-electron chi connectivity index (χ0n) is 22.5. The van der Waals surface area contributed by atoms with Gasteiger partial charge in [-0.15, -0.1) is 0 Å². The van der Waals surface area contributed by atoms with Crippen LogP contribution in [0, 0.1) is 0 Å². The second-order valence-electron chi connectivity index (χ2n) is 11.3. The highest BCUT2D eigenvalue weighted by atomic mass is 32.2. The van der Waals surface area contributed by atoms with E-state index in [2.05, 4.69) is 50.6 Å². The molecule has 2 N–H and O–H groups in total. The lowest BCUT2D eigenvalue weighted by Crippen LogP contribution is -2.43. The first-order valence-corrected chi connectivity index (χ1v) is 15.2. The molecule has 9 heteroatoms. The number of nitrogens with one attached hydrogen (secondary N) is 2. The maximum atomic E-state index is 11.0. The number of piperidine rings is 1. The van der Waals surface area contributed by atoms with E-state index in [1.54, 1.807) is 5.57 Å². The number of nitrogens with zero attached hydrogens (tertiary/aromatic N) is 4. The zero-order chi connectivity index (χ0) is 25.8. The Kier molecular flexibility index (Phi) is 9.10. The van der Waals surface area contributed by atoms with Crippen molar-refractivity contribution in [1.82, 2.24) is 29.6 Å². The first-order chi connectivity index (χ1) is 18.0. The summed E-state index contributed by atoms with van der Waals surface area (Å²) < 4.78 is 24.5. The number of hydrazine groups is 1. The SMILES string of the molecule is CC(C)=C1CCC(N2CCC(n3c(CCNNS(=O)[O-])c(CN4CCCC4)c4cccnc43)CC2)CC1.